The molecule has 1 aliphatic rings. The van der Waals surface area contributed by atoms with E-state index in [4.69, 9.17) is 9.15 Å². The van der Waals surface area contributed by atoms with Crippen molar-refractivity contribution in [3.05, 3.63) is 36.0 Å². The van der Waals surface area contributed by atoms with E-state index < -0.39 is 22.0 Å². The van der Waals surface area contributed by atoms with Crippen molar-refractivity contribution >= 4 is 21.9 Å². The van der Waals surface area contributed by atoms with Crippen LogP contribution < -0.4 is 10.1 Å². The second kappa shape index (κ2) is 8.12. The average molecular weight is 446 g/mol. The molecular weight excluding hydrogens is 424 g/mol. The third-order valence-corrected chi connectivity index (χ3v) is 6.97. The van der Waals surface area contributed by atoms with Gasteiger partial charge in [0, 0.05) is 13.6 Å². The van der Waals surface area contributed by atoms with E-state index in [1.165, 1.54) is 23.5 Å². The van der Waals surface area contributed by atoms with Gasteiger partial charge in [-0.1, -0.05) is 5.10 Å². The van der Waals surface area contributed by atoms with E-state index in [0.717, 1.165) is 5.69 Å². The zero-order valence-corrected chi connectivity index (χ0v) is 18.1. The van der Waals surface area contributed by atoms with Crippen molar-refractivity contribution in [1.29, 1.82) is 0 Å². The Morgan fingerprint density at radius 2 is 2.00 bits per heavy atom. The number of aryl methyl sites for hydroxylation is 2. The molecule has 164 valence electrons. The number of carbonyl (C=O) groups is 1. The molecule has 1 N–H and O–H groups in total. The summed E-state index contributed by atoms with van der Waals surface area (Å²) in [4.78, 5) is 12.9. The van der Waals surface area contributed by atoms with Gasteiger partial charge in [-0.2, -0.15) is 9.40 Å². The van der Waals surface area contributed by atoms with Crippen LogP contribution in [0.5, 0.6) is 5.75 Å². The average Bonchev–Trinajstić information content (AvgIpc) is 3.48. The Morgan fingerprint density at radius 3 is 2.65 bits per heavy atom. The smallest absolute Gasteiger partial charge is 0.322 e. The molecular formula is C19H22N6O5S. The lowest BCUT2D eigenvalue weighted by Crippen LogP contribution is -2.43. The summed E-state index contributed by atoms with van der Waals surface area (Å²) in [7, 11) is -0.608. The summed E-state index contributed by atoms with van der Waals surface area (Å²) < 4.78 is 39.5. The zero-order valence-electron chi connectivity index (χ0n) is 17.3. The zero-order chi connectivity index (χ0) is 22.2. The van der Waals surface area contributed by atoms with Crippen LogP contribution in [0.25, 0.3) is 11.6 Å². The lowest BCUT2D eigenvalue weighted by atomic mass is 10.2. The van der Waals surface area contributed by atoms with Crippen molar-refractivity contribution in [2.24, 2.45) is 7.05 Å². The monoisotopic (exact) mass is 446 g/mol. The Kier molecular flexibility index (Phi) is 5.50. The topological polar surface area (TPSA) is 132 Å². The van der Waals surface area contributed by atoms with E-state index in [9.17, 15) is 13.2 Å². The Labute approximate surface area is 179 Å². The predicted molar refractivity (Wildman–Crippen MR) is 110 cm³/mol. The van der Waals surface area contributed by atoms with Gasteiger partial charge in [0.2, 0.25) is 15.9 Å². The maximum absolute atomic E-state index is 13.1. The minimum atomic E-state index is -3.85. The van der Waals surface area contributed by atoms with Crippen molar-refractivity contribution in [2.75, 3.05) is 19.0 Å². The first-order valence-corrected chi connectivity index (χ1v) is 11.0. The molecule has 1 amide bonds. The van der Waals surface area contributed by atoms with E-state index in [1.54, 1.807) is 29.9 Å². The van der Waals surface area contributed by atoms with Crippen LogP contribution in [0.1, 0.15) is 18.5 Å². The van der Waals surface area contributed by atoms with Crippen LogP contribution in [0, 0.1) is 6.92 Å². The summed E-state index contributed by atoms with van der Waals surface area (Å²) in [5.41, 5.74) is 1.39. The van der Waals surface area contributed by atoms with Crippen LogP contribution in [-0.4, -0.2) is 58.3 Å². The summed E-state index contributed by atoms with van der Waals surface area (Å²) >= 11 is 0. The molecule has 1 saturated heterocycles. The van der Waals surface area contributed by atoms with Gasteiger partial charge in [-0.25, -0.2) is 8.42 Å². The number of carbonyl (C=O) groups excluding carboxylic acids is 1. The second-order valence-electron chi connectivity index (χ2n) is 7.15. The van der Waals surface area contributed by atoms with Crippen molar-refractivity contribution < 1.29 is 22.4 Å². The van der Waals surface area contributed by atoms with Gasteiger partial charge in [0.15, 0.2) is 0 Å². The fourth-order valence-corrected chi connectivity index (χ4v) is 5.21. The number of hydrogen-bond acceptors (Lipinski definition) is 8. The molecule has 1 aromatic carbocycles. The predicted octanol–water partition coefficient (Wildman–Crippen LogP) is 1.58. The maximum Gasteiger partial charge on any atom is 0.322 e. The van der Waals surface area contributed by atoms with Crippen molar-refractivity contribution in [2.45, 2.75) is 30.7 Å². The Balaban J connectivity index is 1.51. The number of ether oxygens (including phenoxy) is 1. The van der Waals surface area contributed by atoms with Crippen LogP contribution in [-0.2, 0) is 21.9 Å². The standard InChI is InChI=1S/C19H22N6O5S/c1-12-11-16(24(2)23-12)18-21-22-19(30-18)20-17(26)15-5-4-10-25(15)31(27,28)14-8-6-13(29-3)7-9-14/h6-9,11,15H,4-5,10H2,1-3H3,(H,20,22,26)/t15-/m0/s1. The van der Waals surface area contributed by atoms with Crippen LogP contribution in [0.2, 0.25) is 0 Å². The lowest BCUT2D eigenvalue weighted by Gasteiger charge is -2.22. The van der Waals surface area contributed by atoms with Gasteiger partial charge in [-0.3, -0.25) is 14.8 Å². The fourth-order valence-electron chi connectivity index (χ4n) is 3.55. The number of anilines is 1. The molecule has 0 radical (unpaired) electrons. The SMILES string of the molecule is COc1ccc(S(=O)(=O)N2CCC[C@H]2C(=O)Nc2nnc(-c3cc(C)nn3C)o2)cc1. The number of benzene rings is 1. The molecule has 31 heavy (non-hydrogen) atoms. The van der Waals surface area contributed by atoms with E-state index in [-0.39, 0.29) is 23.3 Å². The first-order chi connectivity index (χ1) is 14.8. The summed E-state index contributed by atoms with van der Waals surface area (Å²) in [6.45, 7) is 2.08. The van der Waals surface area contributed by atoms with Gasteiger partial charge in [0.1, 0.15) is 17.5 Å². The summed E-state index contributed by atoms with van der Waals surface area (Å²) in [6.07, 6.45) is 0.958. The van der Waals surface area contributed by atoms with Crippen LogP contribution >= 0.6 is 0 Å². The molecule has 3 heterocycles. The highest BCUT2D eigenvalue weighted by Crippen LogP contribution is 2.28. The highest BCUT2D eigenvalue weighted by atomic mass is 32.2. The number of sulfonamides is 1. The van der Waals surface area contributed by atoms with Gasteiger partial charge in [-0.05, 0) is 50.1 Å². The molecule has 0 aliphatic carbocycles. The van der Waals surface area contributed by atoms with Crippen molar-refractivity contribution in [3.63, 3.8) is 0 Å². The van der Waals surface area contributed by atoms with Crippen molar-refractivity contribution in [3.8, 4) is 17.3 Å². The van der Waals surface area contributed by atoms with Gasteiger partial charge in [0.05, 0.1) is 17.7 Å². The molecule has 1 fully saturated rings. The fraction of sp³-hybridized carbons (Fsp3) is 0.368. The van der Waals surface area contributed by atoms with Gasteiger partial charge >= 0.3 is 6.01 Å². The molecule has 0 bridgehead atoms. The number of aromatic nitrogens is 4. The quantitative estimate of drug-likeness (QED) is 0.603. The highest BCUT2D eigenvalue weighted by molar-refractivity contribution is 7.89. The van der Waals surface area contributed by atoms with Crippen LogP contribution in [0.15, 0.2) is 39.6 Å². The Hall–Kier alpha value is -3.25. The lowest BCUT2D eigenvalue weighted by molar-refractivity contribution is -0.119. The number of nitrogens with one attached hydrogen (secondary N) is 1. The van der Waals surface area contributed by atoms with E-state index in [0.29, 0.717) is 24.3 Å². The Bertz CT molecular complexity index is 1200. The largest absolute Gasteiger partial charge is 0.497 e. The third-order valence-electron chi connectivity index (χ3n) is 5.05. The van der Waals surface area contributed by atoms with Gasteiger partial charge < -0.3 is 9.15 Å². The highest BCUT2D eigenvalue weighted by Gasteiger charge is 2.40. The molecule has 0 spiro atoms. The molecule has 0 saturated carbocycles. The van der Waals surface area contributed by atoms with Crippen molar-refractivity contribution in [1.82, 2.24) is 24.3 Å². The number of amides is 1. The van der Waals surface area contributed by atoms with Crippen LogP contribution in [0.4, 0.5) is 6.01 Å². The van der Waals surface area contributed by atoms with E-state index in [2.05, 4.69) is 20.6 Å². The molecule has 11 nitrogen and oxygen atoms in total. The summed E-state index contributed by atoms with van der Waals surface area (Å²) in [5.74, 6) is 0.226. The number of nitrogens with zero attached hydrogens (tertiary/aromatic N) is 5. The molecule has 1 atom stereocenters. The number of methoxy groups -OCH3 is 1. The minimum absolute atomic E-state index is 0.0969. The molecule has 4 rings (SSSR count). The summed E-state index contributed by atoms with van der Waals surface area (Å²) in [5, 5.41) is 14.5. The van der Waals surface area contributed by atoms with Gasteiger partial charge in [-0.15, -0.1) is 5.10 Å². The number of rotatable bonds is 6. The molecule has 2 aromatic heterocycles. The molecule has 12 heteroatoms. The maximum atomic E-state index is 13.1. The normalized spacial score (nSPS) is 17.1. The molecule has 0 unspecified atom stereocenters. The van der Waals surface area contributed by atoms with Gasteiger partial charge in [0.25, 0.3) is 5.89 Å². The molecule has 3 aromatic rings. The minimum Gasteiger partial charge on any atom is -0.497 e. The second-order valence-corrected chi connectivity index (χ2v) is 9.04. The third kappa shape index (κ3) is 4.03. The first-order valence-electron chi connectivity index (χ1n) is 9.61. The Morgan fingerprint density at radius 1 is 1.26 bits per heavy atom. The summed E-state index contributed by atoms with van der Waals surface area (Å²) in [6, 6.07) is 6.85. The van der Waals surface area contributed by atoms with E-state index in [1.807, 2.05) is 6.92 Å². The molecule has 1 aliphatic heterocycles. The van der Waals surface area contributed by atoms with E-state index >= 15 is 0 Å². The van der Waals surface area contributed by atoms with Crippen LogP contribution in [0.3, 0.4) is 0 Å². The first kappa shape index (κ1) is 21.0. The number of hydrogen-bond donors (Lipinski definition) is 1.